The summed E-state index contributed by atoms with van der Waals surface area (Å²) in [5.74, 6) is 0.124. The fourth-order valence-corrected chi connectivity index (χ4v) is 3.27. The van der Waals surface area contributed by atoms with Crippen LogP contribution in [0.4, 0.5) is 5.69 Å². The summed E-state index contributed by atoms with van der Waals surface area (Å²) in [6.45, 7) is 0.772. The van der Waals surface area contributed by atoms with Crippen LogP contribution in [0.15, 0.2) is 73.1 Å². The fraction of sp³-hybridized carbons (Fsp3) is 0.182. The normalized spacial score (nSPS) is 16.1. The molecule has 0 fully saturated rings. The maximum Gasteiger partial charge on any atom is 0.253 e. The Morgan fingerprint density at radius 2 is 1.86 bits per heavy atom. The van der Waals surface area contributed by atoms with Crippen molar-refractivity contribution in [1.82, 2.24) is 9.88 Å². The van der Waals surface area contributed by atoms with Gasteiger partial charge in [0.05, 0.1) is 11.3 Å². The summed E-state index contributed by atoms with van der Waals surface area (Å²) < 4.78 is 7.68. The number of benzene rings is 2. The minimum atomic E-state index is -0.748. The molecule has 0 unspecified atom stereocenters. The summed E-state index contributed by atoms with van der Waals surface area (Å²) >= 11 is 0. The number of likely N-dealkylation sites (N-methyl/N-ethyl adjacent to an activating group) is 1. The molecule has 2 heterocycles. The van der Waals surface area contributed by atoms with Crippen LogP contribution in [0.25, 0.3) is 0 Å². The van der Waals surface area contributed by atoms with E-state index in [2.05, 4.69) is 5.32 Å². The molecule has 2 amide bonds. The molecule has 0 saturated heterocycles. The number of para-hydroxylation sites is 2. The summed E-state index contributed by atoms with van der Waals surface area (Å²) in [7, 11) is 1.69. The lowest BCUT2D eigenvalue weighted by Gasteiger charge is -2.20. The Balaban J connectivity index is 1.45. The van der Waals surface area contributed by atoms with E-state index in [-0.39, 0.29) is 18.4 Å². The number of carbonyl (C=O) groups is 2. The number of aromatic nitrogens is 1. The second kappa shape index (κ2) is 7.60. The van der Waals surface area contributed by atoms with Crippen molar-refractivity contribution in [2.45, 2.75) is 12.6 Å². The Labute approximate surface area is 163 Å². The van der Waals surface area contributed by atoms with E-state index in [1.165, 1.54) is 4.90 Å². The van der Waals surface area contributed by atoms with Crippen LogP contribution < -0.4 is 15.0 Å². The van der Waals surface area contributed by atoms with Gasteiger partial charge >= 0.3 is 0 Å². The number of hydrogen-bond donors (Lipinski definition) is 1. The first-order chi connectivity index (χ1) is 13.6. The van der Waals surface area contributed by atoms with E-state index in [1.54, 1.807) is 19.3 Å². The summed E-state index contributed by atoms with van der Waals surface area (Å²) in [5, 5.41) is 2.80. The van der Waals surface area contributed by atoms with Gasteiger partial charge in [0.2, 0.25) is 0 Å². The summed E-state index contributed by atoms with van der Waals surface area (Å²) in [6, 6.07) is 18.3. The second-order valence-corrected chi connectivity index (χ2v) is 6.76. The van der Waals surface area contributed by atoms with Crippen molar-refractivity contribution in [2.75, 3.05) is 18.6 Å². The van der Waals surface area contributed by atoms with Crippen molar-refractivity contribution in [3.8, 4) is 5.75 Å². The summed E-state index contributed by atoms with van der Waals surface area (Å²) in [5.41, 5.74) is 2.35. The third-order valence-electron chi connectivity index (χ3n) is 4.79. The zero-order valence-corrected chi connectivity index (χ0v) is 15.5. The zero-order valence-electron chi connectivity index (χ0n) is 15.5. The van der Waals surface area contributed by atoms with E-state index >= 15 is 0 Å². The van der Waals surface area contributed by atoms with Gasteiger partial charge in [0.25, 0.3) is 11.8 Å². The number of fused-ring (bicyclic) bond motifs is 1. The molecule has 0 spiro atoms. The first-order valence-corrected chi connectivity index (χ1v) is 9.12. The van der Waals surface area contributed by atoms with Gasteiger partial charge in [0.1, 0.15) is 18.4 Å². The van der Waals surface area contributed by atoms with Crippen molar-refractivity contribution in [1.29, 1.82) is 0 Å². The van der Waals surface area contributed by atoms with Gasteiger partial charge in [-0.15, -0.1) is 0 Å². The monoisotopic (exact) mass is 375 g/mol. The smallest absolute Gasteiger partial charge is 0.253 e. The minimum Gasteiger partial charge on any atom is -0.489 e. The van der Waals surface area contributed by atoms with Gasteiger partial charge in [-0.3, -0.25) is 9.59 Å². The quantitative estimate of drug-likeness (QED) is 0.763. The van der Waals surface area contributed by atoms with E-state index in [0.29, 0.717) is 23.5 Å². The number of carbonyl (C=O) groups excluding carboxylic acids is 2. The Morgan fingerprint density at radius 1 is 1.11 bits per heavy atom. The Kier molecular flexibility index (Phi) is 4.85. The number of nitrogens with one attached hydrogen (secondary N) is 1. The average molecular weight is 375 g/mol. The van der Waals surface area contributed by atoms with Gasteiger partial charge in [0, 0.05) is 26.0 Å². The van der Waals surface area contributed by atoms with Crippen molar-refractivity contribution in [2.24, 2.45) is 0 Å². The maximum atomic E-state index is 12.7. The van der Waals surface area contributed by atoms with Crippen LogP contribution in [0.1, 0.15) is 15.9 Å². The molecular formula is C22H21N3O3. The maximum absolute atomic E-state index is 12.7. The second-order valence-electron chi connectivity index (χ2n) is 6.76. The van der Waals surface area contributed by atoms with Crippen molar-refractivity contribution < 1.29 is 14.3 Å². The fourth-order valence-electron chi connectivity index (χ4n) is 3.27. The van der Waals surface area contributed by atoms with Gasteiger partial charge in [0.15, 0.2) is 0 Å². The Morgan fingerprint density at radius 3 is 2.68 bits per heavy atom. The van der Waals surface area contributed by atoms with Crippen LogP contribution in [-0.4, -0.2) is 36.1 Å². The van der Waals surface area contributed by atoms with Crippen LogP contribution in [0, 0.1) is 0 Å². The molecule has 0 saturated carbocycles. The van der Waals surface area contributed by atoms with Crippen LogP contribution >= 0.6 is 0 Å². The molecule has 1 aliphatic heterocycles. The first-order valence-electron chi connectivity index (χ1n) is 9.12. The average Bonchev–Trinajstić information content (AvgIpc) is 3.15. The van der Waals surface area contributed by atoms with Crippen LogP contribution in [0.3, 0.4) is 0 Å². The lowest BCUT2D eigenvalue weighted by molar-refractivity contribution is -0.120. The molecule has 28 heavy (non-hydrogen) atoms. The highest BCUT2D eigenvalue weighted by molar-refractivity contribution is 6.03. The number of anilines is 1. The van der Waals surface area contributed by atoms with E-state index in [0.717, 1.165) is 5.56 Å². The molecule has 0 bridgehead atoms. The molecule has 1 aromatic heterocycles. The molecule has 6 heteroatoms. The highest BCUT2D eigenvalue weighted by Gasteiger charge is 2.30. The third-order valence-corrected chi connectivity index (χ3v) is 4.79. The summed E-state index contributed by atoms with van der Waals surface area (Å²) in [4.78, 5) is 26.9. The predicted molar refractivity (Wildman–Crippen MR) is 107 cm³/mol. The van der Waals surface area contributed by atoms with Gasteiger partial charge < -0.3 is 19.5 Å². The van der Waals surface area contributed by atoms with E-state index < -0.39 is 6.04 Å². The van der Waals surface area contributed by atoms with Crippen LogP contribution in [0.5, 0.6) is 5.75 Å². The SMILES string of the molecule is CN1C(=O)[C@@H](NC(=O)c2ccn(Cc3ccccc3)c2)COc2ccccc21. The molecule has 3 aromatic rings. The van der Waals surface area contributed by atoms with Gasteiger partial charge in [-0.05, 0) is 23.8 Å². The lowest BCUT2D eigenvalue weighted by Crippen LogP contribution is -2.49. The minimum absolute atomic E-state index is 0.0939. The molecule has 0 aliphatic carbocycles. The lowest BCUT2D eigenvalue weighted by atomic mass is 10.2. The number of ether oxygens (including phenoxy) is 1. The molecular weight excluding hydrogens is 354 g/mol. The van der Waals surface area contributed by atoms with Gasteiger partial charge in [-0.25, -0.2) is 0 Å². The Hall–Kier alpha value is -3.54. The van der Waals surface area contributed by atoms with Crippen molar-refractivity contribution >= 4 is 17.5 Å². The molecule has 6 nitrogen and oxygen atoms in total. The largest absolute Gasteiger partial charge is 0.489 e. The molecule has 1 aliphatic rings. The number of nitrogens with zero attached hydrogens (tertiary/aromatic N) is 2. The predicted octanol–water partition coefficient (Wildman–Crippen LogP) is 2.69. The molecule has 1 atom stereocenters. The topological polar surface area (TPSA) is 63.6 Å². The van der Waals surface area contributed by atoms with Gasteiger partial charge in [-0.2, -0.15) is 0 Å². The van der Waals surface area contributed by atoms with Crippen LogP contribution in [-0.2, 0) is 11.3 Å². The van der Waals surface area contributed by atoms with Crippen molar-refractivity contribution in [3.05, 3.63) is 84.2 Å². The van der Waals surface area contributed by atoms with E-state index in [4.69, 9.17) is 4.74 Å². The standard InChI is InChI=1S/C22H21N3O3/c1-24-19-9-5-6-10-20(19)28-15-18(22(24)27)23-21(26)17-11-12-25(14-17)13-16-7-3-2-4-8-16/h2-12,14,18H,13,15H2,1H3,(H,23,26)/t18-/m0/s1. The zero-order chi connectivity index (χ0) is 19.5. The molecule has 4 rings (SSSR count). The number of rotatable bonds is 4. The molecule has 2 aromatic carbocycles. The van der Waals surface area contributed by atoms with Crippen LogP contribution in [0.2, 0.25) is 0 Å². The van der Waals surface area contributed by atoms with E-state index in [9.17, 15) is 9.59 Å². The summed E-state index contributed by atoms with van der Waals surface area (Å²) in [6.07, 6.45) is 3.64. The Bertz CT molecular complexity index is 997. The van der Waals surface area contributed by atoms with Gasteiger partial charge in [-0.1, -0.05) is 42.5 Å². The third kappa shape index (κ3) is 3.62. The molecule has 142 valence electrons. The number of hydrogen-bond acceptors (Lipinski definition) is 3. The molecule has 1 N–H and O–H groups in total. The molecule has 0 radical (unpaired) electrons. The first kappa shape index (κ1) is 17.9. The number of amides is 2. The highest BCUT2D eigenvalue weighted by Crippen LogP contribution is 2.29. The van der Waals surface area contributed by atoms with Crippen molar-refractivity contribution in [3.63, 3.8) is 0 Å². The van der Waals surface area contributed by atoms with E-state index in [1.807, 2.05) is 65.4 Å². The highest BCUT2D eigenvalue weighted by atomic mass is 16.5.